The van der Waals surface area contributed by atoms with Crippen LogP contribution in [-0.2, 0) is 20.9 Å². The molecule has 0 radical (unpaired) electrons. The first-order chi connectivity index (χ1) is 12.0. The zero-order valence-corrected chi connectivity index (χ0v) is 14.5. The Morgan fingerprint density at radius 2 is 2.16 bits per heavy atom. The molecule has 1 atom stereocenters. The third kappa shape index (κ3) is 3.97. The molecule has 130 valence electrons. The summed E-state index contributed by atoms with van der Waals surface area (Å²) in [7, 11) is 1.66. The first kappa shape index (κ1) is 17.0. The van der Waals surface area contributed by atoms with E-state index in [4.69, 9.17) is 4.74 Å². The summed E-state index contributed by atoms with van der Waals surface area (Å²) in [4.78, 5) is 30.0. The van der Waals surface area contributed by atoms with Gasteiger partial charge in [0.05, 0.1) is 16.3 Å². The molecule has 3 rings (SSSR count). The number of nitrogens with zero attached hydrogens (tertiary/aromatic N) is 6. The second-order valence-electron chi connectivity index (χ2n) is 5.37. The summed E-state index contributed by atoms with van der Waals surface area (Å²) in [6.45, 7) is 1.41. The van der Waals surface area contributed by atoms with Crippen LogP contribution in [0.5, 0.6) is 0 Å². The summed E-state index contributed by atoms with van der Waals surface area (Å²) in [5, 5.41) is 11.2. The summed E-state index contributed by atoms with van der Waals surface area (Å²) < 4.78 is 7.27. The fraction of sp³-hybridized carbons (Fsp3) is 0.333. The molecule has 0 spiro atoms. The molecule has 2 aromatic heterocycles. The number of carbonyl (C=O) groups is 2. The number of amides is 1. The number of hydrogen-bond donors (Lipinski definition) is 0. The molecule has 1 aromatic carbocycles. The topological polar surface area (TPSA) is 103 Å². The molecular weight excluding hydrogens is 344 g/mol. The van der Waals surface area contributed by atoms with Gasteiger partial charge in [0.25, 0.3) is 5.91 Å². The second-order valence-corrected chi connectivity index (χ2v) is 6.43. The van der Waals surface area contributed by atoms with Gasteiger partial charge in [-0.3, -0.25) is 9.59 Å². The van der Waals surface area contributed by atoms with Crippen molar-refractivity contribution in [3.63, 3.8) is 0 Å². The molecule has 2 heterocycles. The highest BCUT2D eigenvalue weighted by atomic mass is 32.1. The van der Waals surface area contributed by atoms with Crippen molar-refractivity contribution in [1.82, 2.24) is 30.1 Å². The van der Waals surface area contributed by atoms with E-state index in [9.17, 15) is 9.59 Å². The number of rotatable bonds is 6. The molecule has 0 aliphatic carbocycles. The summed E-state index contributed by atoms with van der Waals surface area (Å²) in [6.07, 6.45) is 1.30. The predicted octanol–water partition coefficient (Wildman–Crippen LogP) is 1.05. The van der Waals surface area contributed by atoms with Gasteiger partial charge in [-0.1, -0.05) is 12.1 Å². The Hall–Kier alpha value is -2.88. The van der Waals surface area contributed by atoms with Crippen LogP contribution in [0, 0.1) is 0 Å². The average Bonchev–Trinajstić information content (AvgIpc) is 3.27. The van der Waals surface area contributed by atoms with Gasteiger partial charge >= 0.3 is 5.97 Å². The zero-order valence-electron chi connectivity index (χ0n) is 13.7. The van der Waals surface area contributed by atoms with E-state index in [0.29, 0.717) is 0 Å². The van der Waals surface area contributed by atoms with Gasteiger partial charge in [-0.2, -0.15) is 0 Å². The normalized spacial score (nSPS) is 12.1. The number of carbonyl (C=O) groups excluding carboxylic acids is 2. The van der Waals surface area contributed by atoms with Crippen LogP contribution in [0.3, 0.4) is 0 Å². The van der Waals surface area contributed by atoms with Crippen molar-refractivity contribution in [3.05, 3.63) is 35.6 Å². The van der Waals surface area contributed by atoms with Crippen LogP contribution >= 0.6 is 11.3 Å². The smallest absolute Gasteiger partial charge is 0.328 e. The van der Waals surface area contributed by atoms with Crippen molar-refractivity contribution in [1.29, 1.82) is 0 Å². The molecule has 0 aliphatic heterocycles. The lowest BCUT2D eigenvalue weighted by molar-refractivity contribution is -0.153. The molecule has 0 aliphatic rings. The van der Waals surface area contributed by atoms with Crippen molar-refractivity contribution in [2.75, 3.05) is 13.7 Å². The summed E-state index contributed by atoms with van der Waals surface area (Å²) in [5.41, 5.74) is 0.906. The molecule has 3 aromatic rings. The first-order valence-electron chi connectivity index (χ1n) is 7.52. The highest BCUT2D eigenvalue weighted by Crippen LogP contribution is 2.28. The van der Waals surface area contributed by atoms with Crippen LogP contribution < -0.4 is 0 Å². The molecule has 1 amide bonds. The molecule has 0 saturated carbocycles. The van der Waals surface area contributed by atoms with E-state index < -0.39 is 5.97 Å². The predicted molar refractivity (Wildman–Crippen MR) is 89.6 cm³/mol. The van der Waals surface area contributed by atoms with E-state index in [0.717, 1.165) is 15.2 Å². The standard InChI is InChI=1S/C15H16N6O3S/c1-10(15-17-11-5-3-4-6-12(11)25-15)20(2)13(22)8-24-14(23)7-21-9-16-18-19-21/h3-6,9-10H,7-8H2,1-2H3/t10-/m0/s1. The third-order valence-electron chi connectivity index (χ3n) is 3.68. The van der Waals surface area contributed by atoms with Crippen LogP contribution in [0.4, 0.5) is 0 Å². The van der Waals surface area contributed by atoms with Gasteiger partial charge in [-0.05, 0) is 29.5 Å². The maximum Gasteiger partial charge on any atom is 0.328 e. The quantitative estimate of drug-likeness (QED) is 0.605. The minimum absolute atomic E-state index is 0.141. The van der Waals surface area contributed by atoms with Gasteiger partial charge in [-0.15, -0.1) is 16.4 Å². The average molecular weight is 360 g/mol. The Balaban J connectivity index is 1.56. The Morgan fingerprint density at radius 3 is 2.88 bits per heavy atom. The SMILES string of the molecule is C[C@@H](c1nc2ccccc2s1)N(C)C(=O)COC(=O)Cn1cnnn1. The van der Waals surface area contributed by atoms with E-state index in [1.165, 1.54) is 15.9 Å². The van der Waals surface area contributed by atoms with Gasteiger partial charge in [-0.25, -0.2) is 9.67 Å². The van der Waals surface area contributed by atoms with Crippen molar-refractivity contribution in [3.8, 4) is 0 Å². The van der Waals surface area contributed by atoms with Crippen LogP contribution in [0.1, 0.15) is 18.0 Å². The summed E-state index contributed by atoms with van der Waals surface area (Å²) in [5.74, 6) is -0.890. The van der Waals surface area contributed by atoms with Gasteiger partial charge < -0.3 is 9.64 Å². The molecule has 0 fully saturated rings. The largest absolute Gasteiger partial charge is 0.454 e. The van der Waals surface area contributed by atoms with Crippen LogP contribution in [0.15, 0.2) is 30.6 Å². The van der Waals surface area contributed by atoms with Gasteiger partial charge in [0.2, 0.25) is 0 Å². The Bertz CT molecular complexity index is 845. The highest BCUT2D eigenvalue weighted by molar-refractivity contribution is 7.18. The molecule has 0 unspecified atom stereocenters. The van der Waals surface area contributed by atoms with Crippen molar-refractivity contribution < 1.29 is 14.3 Å². The van der Waals surface area contributed by atoms with E-state index in [2.05, 4.69) is 20.5 Å². The Morgan fingerprint density at radius 1 is 1.36 bits per heavy atom. The van der Waals surface area contributed by atoms with Gasteiger partial charge in [0.1, 0.15) is 17.9 Å². The number of esters is 1. The molecule has 0 saturated heterocycles. The minimum atomic E-state index is -0.582. The Kier molecular flexibility index (Phi) is 4.98. The lowest BCUT2D eigenvalue weighted by Gasteiger charge is -2.23. The Labute approximate surface area is 147 Å². The zero-order chi connectivity index (χ0) is 17.8. The van der Waals surface area contributed by atoms with E-state index in [-0.39, 0.29) is 25.1 Å². The molecule has 0 N–H and O–H groups in total. The minimum Gasteiger partial charge on any atom is -0.454 e. The van der Waals surface area contributed by atoms with E-state index in [1.807, 2.05) is 31.2 Å². The number of hydrogen-bond acceptors (Lipinski definition) is 8. The molecular formula is C15H16N6O3S. The second kappa shape index (κ2) is 7.34. The number of aromatic nitrogens is 5. The van der Waals surface area contributed by atoms with Gasteiger partial charge in [0, 0.05) is 7.05 Å². The van der Waals surface area contributed by atoms with Crippen LogP contribution in [0.25, 0.3) is 10.2 Å². The number of benzene rings is 1. The van der Waals surface area contributed by atoms with Gasteiger partial charge in [0.15, 0.2) is 6.61 Å². The number of thiazole rings is 1. The lowest BCUT2D eigenvalue weighted by atomic mass is 10.3. The van der Waals surface area contributed by atoms with Crippen molar-refractivity contribution in [2.24, 2.45) is 0 Å². The third-order valence-corrected chi connectivity index (χ3v) is 4.89. The van der Waals surface area contributed by atoms with Crippen LogP contribution in [0.2, 0.25) is 0 Å². The summed E-state index contributed by atoms with van der Waals surface area (Å²) >= 11 is 1.54. The first-order valence-corrected chi connectivity index (χ1v) is 8.34. The molecule has 10 heteroatoms. The molecule has 0 bridgehead atoms. The van der Waals surface area contributed by atoms with E-state index in [1.54, 1.807) is 18.4 Å². The van der Waals surface area contributed by atoms with E-state index >= 15 is 0 Å². The fourth-order valence-electron chi connectivity index (χ4n) is 2.13. The molecule has 9 nitrogen and oxygen atoms in total. The van der Waals surface area contributed by atoms with Crippen molar-refractivity contribution in [2.45, 2.75) is 19.5 Å². The fourth-order valence-corrected chi connectivity index (χ4v) is 3.19. The molecule has 25 heavy (non-hydrogen) atoms. The number of tetrazole rings is 1. The highest BCUT2D eigenvalue weighted by Gasteiger charge is 2.21. The summed E-state index contributed by atoms with van der Waals surface area (Å²) in [6, 6.07) is 7.59. The number of ether oxygens (including phenoxy) is 1. The monoisotopic (exact) mass is 360 g/mol. The van der Waals surface area contributed by atoms with Crippen LogP contribution in [-0.4, -0.2) is 55.6 Å². The number of fused-ring (bicyclic) bond motifs is 1. The number of likely N-dealkylation sites (N-methyl/N-ethyl adjacent to an activating group) is 1. The maximum atomic E-state index is 12.3. The van der Waals surface area contributed by atoms with Crippen molar-refractivity contribution >= 4 is 33.4 Å². The lowest BCUT2D eigenvalue weighted by Crippen LogP contribution is -2.33. The maximum absolute atomic E-state index is 12.3. The number of para-hydroxylation sites is 1.